The van der Waals surface area contributed by atoms with Crippen LogP contribution in [0.1, 0.15) is 57.3 Å². The summed E-state index contributed by atoms with van der Waals surface area (Å²) in [5, 5.41) is 3.67. The number of Topliss-reactive ketones (excluding diaryl/α,β-unsaturated/α-hetero) is 1. The van der Waals surface area contributed by atoms with Gasteiger partial charge in [-0.3, -0.25) is 9.78 Å². The maximum absolute atomic E-state index is 12.7. The first-order chi connectivity index (χ1) is 12.2. The zero-order valence-corrected chi connectivity index (χ0v) is 16.1. The molecule has 1 aliphatic heterocycles. The summed E-state index contributed by atoms with van der Waals surface area (Å²) >= 11 is 0. The number of hydrogen-bond acceptors (Lipinski definition) is 4. The quantitative estimate of drug-likeness (QED) is 0.769. The van der Waals surface area contributed by atoms with Crippen molar-refractivity contribution in [2.75, 3.05) is 0 Å². The predicted molar refractivity (Wildman–Crippen MR) is 104 cm³/mol. The second-order valence-corrected chi connectivity index (χ2v) is 8.61. The Kier molecular flexibility index (Phi) is 5.15. The van der Waals surface area contributed by atoms with E-state index in [0.29, 0.717) is 23.8 Å². The smallest absolute Gasteiger partial charge is 0.163 e. The molecule has 0 atom stereocenters. The van der Waals surface area contributed by atoms with Crippen molar-refractivity contribution in [3.8, 4) is 11.5 Å². The van der Waals surface area contributed by atoms with Gasteiger partial charge in [0.2, 0.25) is 0 Å². The normalized spacial score (nSPS) is 19.1. The molecule has 1 saturated heterocycles. The molecule has 0 saturated carbocycles. The number of carbonyl (C=O) groups excluding carboxylic acids is 1. The van der Waals surface area contributed by atoms with Gasteiger partial charge in [-0.05, 0) is 82.9 Å². The zero-order chi connectivity index (χ0) is 18.8. The molecule has 4 nitrogen and oxygen atoms in total. The van der Waals surface area contributed by atoms with Crippen LogP contribution in [0.5, 0.6) is 11.5 Å². The van der Waals surface area contributed by atoms with Crippen molar-refractivity contribution in [2.45, 2.75) is 58.0 Å². The molecular formula is C22H28N2O2. The number of nitrogens with zero attached hydrogens (tertiary/aromatic N) is 1. The van der Waals surface area contributed by atoms with Crippen molar-refractivity contribution in [1.82, 2.24) is 10.3 Å². The molecule has 1 N–H and O–H groups in total. The van der Waals surface area contributed by atoms with Crippen LogP contribution in [0.3, 0.4) is 0 Å². The number of benzene rings is 1. The monoisotopic (exact) mass is 352 g/mol. The summed E-state index contributed by atoms with van der Waals surface area (Å²) in [7, 11) is 0. The Labute approximate surface area is 156 Å². The lowest BCUT2D eigenvalue weighted by molar-refractivity contribution is 0.0864. The highest BCUT2D eigenvalue weighted by atomic mass is 16.5. The van der Waals surface area contributed by atoms with Gasteiger partial charge < -0.3 is 10.1 Å². The van der Waals surface area contributed by atoms with Crippen LogP contribution in [0.15, 0.2) is 48.8 Å². The highest BCUT2D eigenvalue weighted by Crippen LogP contribution is 2.35. The summed E-state index contributed by atoms with van der Waals surface area (Å²) in [5.74, 6) is 2.00. The lowest BCUT2D eigenvalue weighted by Gasteiger charge is -2.46. The van der Waals surface area contributed by atoms with Crippen LogP contribution < -0.4 is 10.1 Å². The molecule has 0 aliphatic carbocycles. The van der Waals surface area contributed by atoms with E-state index in [0.717, 1.165) is 18.4 Å². The zero-order valence-electron chi connectivity index (χ0n) is 16.1. The van der Waals surface area contributed by atoms with Crippen molar-refractivity contribution >= 4 is 5.78 Å². The number of nitrogens with one attached hydrogen (secondary N) is 1. The molecule has 0 radical (unpaired) electrons. The maximum atomic E-state index is 12.7. The molecule has 1 aliphatic rings. The minimum absolute atomic E-state index is 0.0636. The van der Waals surface area contributed by atoms with E-state index in [1.54, 1.807) is 12.4 Å². The lowest BCUT2D eigenvalue weighted by atomic mass is 9.74. The third kappa shape index (κ3) is 4.92. The molecule has 3 rings (SSSR count). The van der Waals surface area contributed by atoms with Crippen molar-refractivity contribution in [1.29, 1.82) is 0 Å². The molecule has 1 aromatic carbocycles. The Morgan fingerprint density at radius 2 is 1.73 bits per heavy atom. The van der Waals surface area contributed by atoms with Gasteiger partial charge in [0.05, 0.1) is 6.20 Å². The minimum Gasteiger partial charge on any atom is -0.456 e. The standard InChI is InChI=1S/C22H28N2O2/c1-21(2)13-16(14-22(3,4)24-21)12-20(25)17-7-9-18(10-8-17)26-19-6-5-11-23-15-19/h5-11,15-16,24H,12-14H2,1-4H3. The van der Waals surface area contributed by atoms with Gasteiger partial charge in [0, 0.05) is 29.3 Å². The fourth-order valence-electron chi connectivity index (χ4n) is 4.31. The van der Waals surface area contributed by atoms with Crippen molar-refractivity contribution in [2.24, 2.45) is 5.92 Å². The van der Waals surface area contributed by atoms with Gasteiger partial charge in [-0.25, -0.2) is 0 Å². The number of carbonyl (C=O) groups is 1. The van der Waals surface area contributed by atoms with E-state index in [2.05, 4.69) is 38.0 Å². The molecule has 26 heavy (non-hydrogen) atoms. The maximum Gasteiger partial charge on any atom is 0.163 e. The SMILES string of the molecule is CC1(C)CC(CC(=O)c2ccc(Oc3cccnc3)cc2)CC(C)(C)N1. The fraction of sp³-hybridized carbons (Fsp3) is 0.455. The molecule has 1 aromatic heterocycles. The number of rotatable bonds is 5. The topological polar surface area (TPSA) is 51.2 Å². The van der Waals surface area contributed by atoms with Crippen LogP contribution in [0, 0.1) is 5.92 Å². The highest BCUT2D eigenvalue weighted by molar-refractivity contribution is 5.96. The van der Waals surface area contributed by atoms with Crippen LogP contribution in [-0.4, -0.2) is 21.8 Å². The Bertz CT molecular complexity index is 735. The summed E-state index contributed by atoms with van der Waals surface area (Å²) in [4.78, 5) is 16.8. The number of hydrogen-bond donors (Lipinski definition) is 1. The third-order valence-corrected chi connectivity index (χ3v) is 4.80. The summed E-state index contributed by atoms with van der Waals surface area (Å²) < 4.78 is 5.74. The molecule has 0 spiro atoms. The number of ketones is 1. The number of ether oxygens (including phenoxy) is 1. The molecular weight excluding hydrogens is 324 g/mol. The second-order valence-electron chi connectivity index (χ2n) is 8.61. The lowest BCUT2D eigenvalue weighted by Crippen LogP contribution is -2.57. The van der Waals surface area contributed by atoms with Gasteiger partial charge in [-0.2, -0.15) is 0 Å². The molecule has 2 aromatic rings. The van der Waals surface area contributed by atoms with Crippen LogP contribution in [-0.2, 0) is 0 Å². The van der Waals surface area contributed by atoms with E-state index in [4.69, 9.17) is 4.74 Å². The Morgan fingerprint density at radius 1 is 1.08 bits per heavy atom. The van der Waals surface area contributed by atoms with Gasteiger partial charge in [-0.15, -0.1) is 0 Å². The Morgan fingerprint density at radius 3 is 2.31 bits per heavy atom. The van der Waals surface area contributed by atoms with Crippen molar-refractivity contribution in [3.05, 3.63) is 54.4 Å². The molecule has 0 unspecified atom stereocenters. The van der Waals surface area contributed by atoms with E-state index < -0.39 is 0 Å². The van der Waals surface area contributed by atoms with E-state index in [1.807, 2.05) is 36.4 Å². The summed E-state index contributed by atoms with van der Waals surface area (Å²) in [6, 6.07) is 11.1. The average Bonchev–Trinajstić information content (AvgIpc) is 2.53. The van der Waals surface area contributed by atoms with Gasteiger partial charge in [0.15, 0.2) is 5.78 Å². The van der Waals surface area contributed by atoms with Crippen LogP contribution in [0.4, 0.5) is 0 Å². The van der Waals surface area contributed by atoms with E-state index in [1.165, 1.54) is 0 Å². The van der Waals surface area contributed by atoms with E-state index >= 15 is 0 Å². The van der Waals surface area contributed by atoms with Crippen LogP contribution >= 0.6 is 0 Å². The first-order valence-electron chi connectivity index (χ1n) is 9.23. The van der Waals surface area contributed by atoms with Gasteiger partial charge in [0.25, 0.3) is 0 Å². The van der Waals surface area contributed by atoms with E-state index in [-0.39, 0.29) is 16.9 Å². The first kappa shape index (κ1) is 18.6. The molecule has 2 heterocycles. The third-order valence-electron chi connectivity index (χ3n) is 4.80. The fourth-order valence-corrected chi connectivity index (χ4v) is 4.31. The van der Waals surface area contributed by atoms with Crippen LogP contribution in [0.2, 0.25) is 0 Å². The highest BCUT2D eigenvalue weighted by Gasteiger charge is 2.38. The Hall–Kier alpha value is -2.20. The average molecular weight is 352 g/mol. The molecule has 4 heteroatoms. The van der Waals surface area contributed by atoms with Crippen molar-refractivity contribution < 1.29 is 9.53 Å². The number of pyridine rings is 1. The number of piperidine rings is 1. The summed E-state index contributed by atoms with van der Waals surface area (Å²) in [6.07, 6.45) is 6.00. The summed E-state index contributed by atoms with van der Waals surface area (Å²) in [6.45, 7) is 8.87. The van der Waals surface area contributed by atoms with Gasteiger partial charge in [0.1, 0.15) is 11.5 Å². The van der Waals surface area contributed by atoms with Crippen LogP contribution in [0.25, 0.3) is 0 Å². The first-order valence-corrected chi connectivity index (χ1v) is 9.23. The molecule has 0 amide bonds. The van der Waals surface area contributed by atoms with Gasteiger partial charge in [-0.1, -0.05) is 0 Å². The Balaban J connectivity index is 1.63. The largest absolute Gasteiger partial charge is 0.456 e. The van der Waals surface area contributed by atoms with Crippen molar-refractivity contribution in [3.63, 3.8) is 0 Å². The minimum atomic E-state index is 0.0636. The summed E-state index contributed by atoms with van der Waals surface area (Å²) in [5.41, 5.74) is 0.875. The van der Waals surface area contributed by atoms with Gasteiger partial charge >= 0.3 is 0 Å². The van der Waals surface area contributed by atoms with E-state index in [9.17, 15) is 4.79 Å². The predicted octanol–water partition coefficient (Wildman–Crippen LogP) is 5.00. The molecule has 138 valence electrons. The number of aromatic nitrogens is 1. The molecule has 1 fully saturated rings. The second kappa shape index (κ2) is 7.20. The molecule has 0 bridgehead atoms.